The normalized spacial score (nSPS) is 15.8. The molecule has 0 aliphatic rings. The van der Waals surface area contributed by atoms with Gasteiger partial charge in [0.15, 0.2) is 3.92 Å². The second-order valence-corrected chi connectivity index (χ2v) is 6.12. The SMILES string of the molecule is COP(=O)(OC(C)=O)OC(Br)Br. The molecule has 0 aromatic carbocycles. The molecule has 1 atom stereocenters. The Balaban J connectivity index is 4.25. The highest BCUT2D eigenvalue weighted by Crippen LogP contribution is 2.51. The first-order chi connectivity index (χ1) is 5.39. The molecule has 0 N–H and O–H groups in total. The summed E-state index contributed by atoms with van der Waals surface area (Å²) in [7, 11) is -2.64. The highest BCUT2D eigenvalue weighted by molar-refractivity contribution is 9.24. The minimum Gasteiger partial charge on any atom is -0.371 e. The van der Waals surface area contributed by atoms with Crippen molar-refractivity contribution in [3.05, 3.63) is 0 Å². The summed E-state index contributed by atoms with van der Waals surface area (Å²) in [4.78, 5) is 10.4. The van der Waals surface area contributed by atoms with E-state index in [9.17, 15) is 9.36 Å². The van der Waals surface area contributed by atoms with Crippen molar-refractivity contribution >= 4 is 45.7 Å². The van der Waals surface area contributed by atoms with E-state index < -0.39 is 17.7 Å². The number of hydrogen-bond donors (Lipinski definition) is 0. The molecule has 8 heteroatoms. The highest BCUT2D eigenvalue weighted by atomic mass is 79.9. The summed E-state index contributed by atoms with van der Waals surface area (Å²) >= 11 is 5.78. The van der Waals surface area contributed by atoms with Crippen molar-refractivity contribution < 1.29 is 22.9 Å². The lowest BCUT2D eigenvalue weighted by atomic mass is 10.9. The first-order valence-corrected chi connectivity index (χ1v) is 6.01. The van der Waals surface area contributed by atoms with E-state index in [4.69, 9.17) is 0 Å². The molecule has 0 aliphatic carbocycles. The summed E-state index contributed by atoms with van der Waals surface area (Å²) in [6.07, 6.45) is 0. The zero-order chi connectivity index (χ0) is 9.78. The van der Waals surface area contributed by atoms with Crippen LogP contribution in [-0.4, -0.2) is 17.0 Å². The molecule has 0 rings (SSSR count). The van der Waals surface area contributed by atoms with Crippen LogP contribution in [0.2, 0.25) is 0 Å². The van der Waals surface area contributed by atoms with Crippen LogP contribution >= 0.6 is 39.7 Å². The second-order valence-electron chi connectivity index (χ2n) is 1.58. The third kappa shape index (κ3) is 5.27. The lowest BCUT2D eigenvalue weighted by Crippen LogP contribution is -2.03. The van der Waals surface area contributed by atoms with Crippen LogP contribution in [0.3, 0.4) is 0 Å². The predicted octanol–water partition coefficient (Wildman–Crippen LogP) is 2.39. The van der Waals surface area contributed by atoms with E-state index in [-0.39, 0.29) is 0 Å². The maximum atomic E-state index is 11.3. The number of phosphoric ester groups is 1. The van der Waals surface area contributed by atoms with Crippen molar-refractivity contribution in [1.82, 2.24) is 0 Å². The van der Waals surface area contributed by atoms with E-state index in [0.29, 0.717) is 0 Å². The van der Waals surface area contributed by atoms with E-state index in [2.05, 4.69) is 45.4 Å². The first kappa shape index (κ1) is 12.6. The molecule has 12 heavy (non-hydrogen) atoms. The lowest BCUT2D eigenvalue weighted by Gasteiger charge is -2.14. The number of carbonyl (C=O) groups excluding carboxylic acids is 1. The van der Waals surface area contributed by atoms with E-state index in [1.54, 1.807) is 0 Å². The Morgan fingerprint density at radius 1 is 1.50 bits per heavy atom. The molecular formula is C4H7Br2O5P. The third-order valence-corrected chi connectivity index (χ3v) is 3.02. The zero-order valence-corrected chi connectivity index (χ0v) is 10.4. The van der Waals surface area contributed by atoms with Crippen LogP contribution in [0.5, 0.6) is 0 Å². The predicted molar refractivity (Wildman–Crippen MR) is 49.1 cm³/mol. The van der Waals surface area contributed by atoms with E-state index >= 15 is 0 Å². The number of rotatable bonds is 4. The smallest absolute Gasteiger partial charge is 0.371 e. The minimum absolute atomic E-state index is 0.699. The molecule has 0 saturated carbocycles. The van der Waals surface area contributed by atoms with Gasteiger partial charge in [-0.25, -0.2) is 4.57 Å². The molecule has 0 aliphatic heterocycles. The fourth-order valence-electron chi connectivity index (χ4n) is 0.357. The monoisotopic (exact) mass is 324 g/mol. The van der Waals surface area contributed by atoms with Crippen molar-refractivity contribution in [1.29, 1.82) is 0 Å². The van der Waals surface area contributed by atoms with E-state index in [1.165, 1.54) is 0 Å². The maximum Gasteiger partial charge on any atom is 0.533 e. The molecular weight excluding hydrogens is 319 g/mol. The first-order valence-electron chi connectivity index (χ1n) is 2.72. The van der Waals surface area contributed by atoms with Gasteiger partial charge in [0, 0.05) is 14.0 Å². The van der Waals surface area contributed by atoms with Crippen molar-refractivity contribution in [3.8, 4) is 0 Å². The molecule has 0 radical (unpaired) electrons. The minimum atomic E-state index is -3.76. The molecule has 0 fully saturated rings. The molecule has 0 aromatic rings. The summed E-state index contributed by atoms with van der Waals surface area (Å²) in [5.74, 6) is -0.735. The third-order valence-electron chi connectivity index (χ3n) is 0.673. The van der Waals surface area contributed by atoms with Crippen molar-refractivity contribution in [2.45, 2.75) is 10.8 Å². The highest BCUT2D eigenvalue weighted by Gasteiger charge is 2.30. The quantitative estimate of drug-likeness (QED) is 0.586. The van der Waals surface area contributed by atoms with Gasteiger partial charge in [0.1, 0.15) is 0 Å². The van der Waals surface area contributed by atoms with Crippen LogP contribution in [0.1, 0.15) is 6.92 Å². The van der Waals surface area contributed by atoms with Gasteiger partial charge in [-0.2, -0.15) is 0 Å². The molecule has 0 aromatic heterocycles. The fourth-order valence-corrected chi connectivity index (χ4v) is 2.30. The van der Waals surface area contributed by atoms with Gasteiger partial charge in [0.2, 0.25) is 0 Å². The topological polar surface area (TPSA) is 61.8 Å². The van der Waals surface area contributed by atoms with Crippen molar-refractivity contribution in [2.75, 3.05) is 7.11 Å². The van der Waals surface area contributed by atoms with Crippen molar-refractivity contribution in [3.63, 3.8) is 0 Å². The van der Waals surface area contributed by atoms with Crippen molar-refractivity contribution in [2.24, 2.45) is 0 Å². The number of hydrogen-bond acceptors (Lipinski definition) is 5. The number of halogens is 2. The number of phosphoric acid groups is 1. The standard InChI is InChI=1S/C4H7Br2O5P/c1-3(7)10-12(8,9-2)11-4(5)6/h4H,1-2H3. The Labute approximate surface area is 86.6 Å². The molecule has 1 unspecified atom stereocenters. The van der Waals surface area contributed by atoms with Gasteiger partial charge in [0.05, 0.1) is 0 Å². The van der Waals surface area contributed by atoms with Gasteiger partial charge in [-0.15, -0.1) is 0 Å². The average Bonchev–Trinajstić information content (AvgIpc) is 1.83. The molecule has 5 nitrogen and oxygen atoms in total. The van der Waals surface area contributed by atoms with Gasteiger partial charge < -0.3 is 4.52 Å². The Kier molecular flexibility index (Phi) is 5.60. The summed E-state index contributed by atoms with van der Waals surface area (Å²) in [5, 5.41) is 0. The molecule has 0 saturated heterocycles. The Morgan fingerprint density at radius 2 is 2.00 bits per heavy atom. The molecule has 0 heterocycles. The van der Waals surface area contributed by atoms with Crippen LogP contribution in [0, 0.1) is 0 Å². The van der Waals surface area contributed by atoms with Crippen LogP contribution in [0.15, 0.2) is 0 Å². The molecule has 0 bridgehead atoms. The summed E-state index contributed by atoms with van der Waals surface area (Å²) in [5.41, 5.74) is 0. The summed E-state index contributed by atoms with van der Waals surface area (Å²) in [6.45, 7) is 1.10. The van der Waals surface area contributed by atoms with Crippen LogP contribution in [-0.2, 0) is 22.9 Å². The summed E-state index contributed by atoms with van der Waals surface area (Å²) < 4.78 is 23.9. The maximum absolute atomic E-state index is 11.3. The van der Waals surface area contributed by atoms with Crippen LogP contribution in [0.25, 0.3) is 0 Å². The number of carbonyl (C=O) groups is 1. The molecule has 0 spiro atoms. The Hall–Kier alpha value is 0.580. The van der Waals surface area contributed by atoms with Gasteiger partial charge in [-0.3, -0.25) is 13.8 Å². The fraction of sp³-hybridized carbons (Fsp3) is 0.750. The van der Waals surface area contributed by atoms with E-state index in [1.807, 2.05) is 0 Å². The average molecular weight is 326 g/mol. The van der Waals surface area contributed by atoms with Crippen LogP contribution < -0.4 is 0 Å². The van der Waals surface area contributed by atoms with Gasteiger partial charge in [-0.1, -0.05) is 0 Å². The number of alkyl halides is 2. The van der Waals surface area contributed by atoms with Gasteiger partial charge in [0.25, 0.3) is 0 Å². The van der Waals surface area contributed by atoms with E-state index in [0.717, 1.165) is 14.0 Å². The van der Waals surface area contributed by atoms with Crippen LogP contribution in [0.4, 0.5) is 0 Å². The second kappa shape index (κ2) is 5.34. The van der Waals surface area contributed by atoms with Gasteiger partial charge in [-0.05, 0) is 31.9 Å². The molecule has 0 amide bonds. The lowest BCUT2D eigenvalue weighted by molar-refractivity contribution is -0.133. The Morgan fingerprint density at radius 3 is 2.25 bits per heavy atom. The van der Waals surface area contributed by atoms with Gasteiger partial charge >= 0.3 is 13.8 Å². The largest absolute Gasteiger partial charge is 0.533 e. The Bertz CT molecular complexity index is 206. The molecule has 72 valence electrons. The zero-order valence-electron chi connectivity index (χ0n) is 6.32. The summed E-state index contributed by atoms with van der Waals surface area (Å²) in [6, 6.07) is 0.